The Morgan fingerprint density at radius 1 is 0.913 bits per heavy atom. The van der Waals surface area contributed by atoms with Gasteiger partial charge in [0, 0.05) is 21.0 Å². The van der Waals surface area contributed by atoms with Crippen molar-refractivity contribution in [2.45, 2.75) is 62.5 Å². The van der Waals surface area contributed by atoms with E-state index in [1.165, 1.54) is 33.5 Å². The molecule has 1 aliphatic rings. The zero-order chi connectivity index (χ0) is 32.6. The number of carbonyl (C=O) groups excluding carboxylic acids is 3. The fraction of sp³-hybridized carbons (Fsp3) is 0.243. The second kappa shape index (κ2) is 15.1. The van der Waals surface area contributed by atoms with E-state index < -0.39 is 17.1 Å². The summed E-state index contributed by atoms with van der Waals surface area (Å²) in [5, 5.41) is 18.6. The van der Waals surface area contributed by atoms with Crippen LogP contribution in [0.1, 0.15) is 77.0 Å². The first kappa shape index (κ1) is 32.7. The summed E-state index contributed by atoms with van der Waals surface area (Å²) in [5.41, 5.74) is 4.69. The molecule has 0 saturated carbocycles. The van der Waals surface area contributed by atoms with E-state index in [0.717, 1.165) is 41.7 Å². The predicted octanol–water partition coefficient (Wildman–Crippen LogP) is 8.15. The van der Waals surface area contributed by atoms with Gasteiger partial charge in [-0.05, 0) is 91.6 Å². The second-order valence-electron chi connectivity index (χ2n) is 11.5. The number of aryl methyl sites for hydroxylation is 1. The van der Waals surface area contributed by atoms with Crippen molar-refractivity contribution in [2.24, 2.45) is 0 Å². The number of anilines is 2. The third-order valence-corrected chi connectivity index (χ3v) is 10.0. The number of hydrogen-bond acceptors (Lipinski definition) is 6. The molecule has 0 aliphatic heterocycles. The van der Waals surface area contributed by atoms with Crippen LogP contribution in [0, 0.1) is 11.3 Å². The van der Waals surface area contributed by atoms with E-state index in [2.05, 4.69) is 35.9 Å². The minimum Gasteiger partial charge on any atom is -0.321 e. The predicted molar refractivity (Wildman–Crippen MR) is 187 cm³/mol. The van der Waals surface area contributed by atoms with Crippen LogP contribution in [0.5, 0.6) is 0 Å². The summed E-state index contributed by atoms with van der Waals surface area (Å²) < 4.78 is 0. The van der Waals surface area contributed by atoms with Crippen molar-refractivity contribution in [2.75, 3.05) is 10.6 Å². The summed E-state index contributed by atoms with van der Waals surface area (Å²) in [6.07, 6.45) is 5.65. The Kier molecular flexibility index (Phi) is 10.7. The van der Waals surface area contributed by atoms with Gasteiger partial charge in [0.05, 0.1) is 10.8 Å². The summed E-state index contributed by atoms with van der Waals surface area (Å²) in [6.45, 7) is 6.04. The molecule has 9 heteroatoms. The number of hydrogen-bond donors (Lipinski definition) is 3. The second-order valence-corrected chi connectivity index (χ2v) is 14.0. The molecule has 3 aromatic carbocycles. The van der Waals surface area contributed by atoms with Crippen LogP contribution in [0.4, 0.5) is 10.7 Å². The number of nitrogens with zero attached hydrogens (tertiary/aromatic N) is 1. The molecule has 46 heavy (non-hydrogen) atoms. The zero-order valence-electron chi connectivity index (χ0n) is 26.1. The third-order valence-electron chi connectivity index (χ3n) is 7.74. The molecule has 1 aliphatic carbocycles. The van der Waals surface area contributed by atoms with Gasteiger partial charge in [-0.3, -0.25) is 14.4 Å². The molecule has 0 saturated heterocycles. The lowest BCUT2D eigenvalue weighted by Crippen LogP contribution is -2.30. The largest absolute Gasteiger partial charge is 0.321 e. The van der Waals surface area contributed by atoms with Crippen molar-refractivity contribution in [3.63, 3.8) is 0 Å². The number of amides is 3. The summed E-state index contributed by atoms with van der Waals surface area (Å²) >= 11 is 2.87. The zero-order valence-corrected chi connectivity index (χ0v) is 27.7. The Morgan fingerprint density at radius 2 is 1.65 bits per heavy atom. The highest BCUT2D eigenvalue weighted by Crippen LogP contribution is 2.38. The maximum atomic E-state index is 13.6. The van der Waals surface area contributed by atoms with Crippen LogP contribution in [-0.2, 0) is 22.4 Å². The van der Waals surface area contributed by atoms with E-state index in [9.17, 15) is 19.6 Å². The van der Waals surface area contributed by atoms with Crippen LogP contribution in [0.3, 0.4) is 0 Å². The number of rotatable bonds is 10. The molecule has 1 unspecified atom stereocenters. The summed E-state index contributed by atoms with van der Waals surface area (Å²) in [4.78, 5) is 41.7. The van der Waals surface area contributed by atoms with Gasteiger partial charge in [-0.2, -0.15) is 5.26 Å². The number of thioether (sulfide) groups is 1. The number of nitriles is 1. The van der Waals surface area contributed by atoms with E-state index >= 15 is 0 Å². The maximum Gasteiger partial charge on any atom is 0.272 e. The monoisotopic (exact) mass is 648 g/mol. The standard InChI is InChI=1S/C37H36N4O3S2/c1-23(2)26-18-16-25(17-19-26)20-32(40-35(43)27-10-5-4-6-11-27)36(44)39-28-12-9-13-29(21-28)45-24(3)34(42)41-37-31(22-38)30-14-7-8-15-33(30)46-37/h4-6,9-13,16-21,23-24H,7-8,14-15H2,1-3H3,(H,39,44)(H,40,43)(H,41,42)/b32-20+. The van der Waals surface area contributed by atoms with Gasteiger partial charge in [0.15, 0.2) is 0 Å². The molecule has 5 rings (SSSR count). The Bertz CT molecular complexity index is 1800. The molecule has 0 bridgehead atoms. The number of carbonyl (C=O) groups is 3. The summed E-state index contributed by atoms with van der Waals surface area (Å²) in [7, 11) is 0. The Morgan fingerprint density at radius 3 is 2.37 bits per heavy atom. The highest BCUT2D eigenvalue weighted by atomic mass is 32.2. The average molecular weight is 649 g/mol. The molecule has 1 heterocycles. The lowest BCUT2D eigenvalue weighted by atomic mass is 9.96. The van der Waals surface area contributed by atoms with Gasteiger partial charge in [0.1, 0.15) is 16.8 Å². The first-order chi connectivity index (χ1) is 22.2. The van der Waals surface area contributed by atoms with Crippen LogP contribution in [-0.4, -0.2) is 23.0 Å². The van der Waals surface area contributed by atoms with Gasteiger partial charge in [-0.15, -0.1) is 23.1 Å². The Balaban J connectivity index is 1.29. The van der Waals surface area contributed by atoms with Gasteiger partial charge < -0.3 is 16.0 Å². The highest BCUT2D eigenvalue weighted by molar-refractivity contribution is 8.00. The molecule has 0 radical (unpaired) electrons. The first-order valence-electron chi connectivity index (χ1n) is 15.3. The molecule has 3 amide bonds. The van der Waals surface area contributed by atoms with Crippen LogP contribution < -0.4 is 16.0 Å². The van der Waals surface area contributed by atoms with Gasteiger partial charge in [0.25, 0.3) is 11.8 Å². The van der Waals surface area contributed by atoms with Crippen molar-refractivity contribution in [3.05, 3.63) is 117 Å². The Labute approximate surface area is 278 Å². The number of fused-ring (bicyclic) bond motifs is 1. The Hall–Kier alpha value is -4.65. The molecule has 1 atom stereocenters. The van der Waals surface area contributed by atoms with Crippen LogP contribution in [0.2, 0.25) is 0 Å². The molecule has 0 spiro atoms. The molecule has 7 nitrogen and oxygen atoms in total. The lowest BCUT2D eigenvalue weighted by Gasteiger charge is -2.14. The summed E-state index contributed by atoms with van der Waals surface area (Å²) in [6, 6.07) is 26.1. The average Bonchev–Trinajstić information content (AvgIpc) is 3.42. The SMILES string of the molecule is CC(Sc1cccc(NC(=O)/C(=C\c2ccc(C(C)C)cc2)NC(=O)c2ccccc2)c1)C(=O)Nc1sc2c(c1C#N)CCCC2. The minimum atomic E-state index is -0.476. The highest BCUT2D eigenvalue weighted by Gasteiger charge is 2.24. The minimum absolute atomic E-state index is 0.101. The topological polar surface area (TPSA) is 111 Å². The van der Waals surface area contributed by atoms with Gasteiger partial charge >= 0.3 is 0 Å². The van der Waals surface area contributed by atoms with Gasteiger partial charge in [-0.1, -0.05) is 62.4 Å². The van der Waals surface area contributed by atoms with E-state index in [0.29, 0.717) is 27.7 Å². The first-order valence-corrected chi connectivity index (χ1v) is 17.0. The number of nitrogens with one attached hydrogen (secondary N) is 3. The quantitative estimate of drug-likeness (QED) is 0.119. The number of benzene rings is 3. The molecule has 0 fully saturated rings. The normalized spacial score (nSPS) is 13.3. The van der Waals surface area contributed by atoms with E-state index in [4.69, 9.17) is 0 Å². The molecule has 234 valence electrons. The third kappa shape index (κ3) is 8.13. The van der Waals surface area contributed by atoms with Crippen molar-refractivity contribution >= 4 is 57.6 Å². The van der Waals surface area contributed by atoms with Crippen molar-refractivity contribution in [3.8, 4) is 6.07 Å². The van der Waals surface area contributed by atoms with E-state index in [-0.39, 0.29) is 11.6 Å². The van der Waals surface area contributed by atoms with Crippen molar-refractivity contribution < 1.29 is 14.4 Å². The smallest absolute Gasteiger partial charge is 0.272 e. The van der Waals surface area contributed by atoms with Crippen LogP contribution in [0.15, 0.2) is 89.5 Å². The van der Waals surface area contributed by atoms with E-state index in [1.807, 2.05) is 43.3 Å². The van der Waals surface area contributed by atoms with Crippen molar-refractivity contribution in [1.29, 1.82) is 5.26 Å². The van der Waals surface area contributed by atoms with Gasteiger partial charge in [-0.25, -0.2) is 0 Å². The van der Waals surface area contributed by atoms with Crippen molar-refractivity contribution in [1.82, 2.24) is 5.32 Å². The molecule has 3 N–H and O–H groups in total. The maximum absolute atomic E-state index is 13.6. The molecular formula is C37H36N4O3S2. The summed E-state index contributed by atoms with van der Waals surface area (Å²) in [5.74, 6) is -0.688. The molecule has 4 aromatic rings. The fourth-order valence-electron chi connectivity index (χ4n) is 5.18. The van der Waals surface area contributed by atoms with E-state index in [1.54, 1.807) is 48.5 Å². The lowest BCUT2D eigenvalue weighted by molar-refractivity contribution is -0.115. The van der Waals surface area contributed by atoms with Crippen LogP contribution in [0.25, 0.3) is 6.08 Å². The molecular weight excluding hydrogens is 613 g/mol. The van der Waals surface area contributed by atoms with Crippen LogP contribution >= 0.6 is 23.1 Å². The number of thiophene rings is 1. The van der Waals surface area contributed by atoms with Gasteiger partial charge in [0.2, 0.25) is 5.91 Å². The molecule has 1 aromatic heterocycles. The fourth-order valence-corrected chi connectivity index (χ4v) is 7.34.